The fourth-order valence-corrected chi connectivity index (χ4v) is 3.65. The number of hydrogen-bond acceptors (Lipinski definition) is 8. The highest BCUT2D eigenvalue weighted by Crippen LogP contribution is 2.31. The van der Waals surface area contributed by atoms with Crippen molar-refractivity contribution in [1.82, 2.24) is 4.90 Å². The minimum absolute atomic E-state index is 0.0168. The van der Waals surface area contributed by atoms with Crippen LogP contribution >= 0.6 is 11.6 Å². The number of non-ortho nitro benzene ring substituents is 1. The van der Waals surface area contributed by atoms with Gasteiger partial charge in [-0.3, -0.25) is 25.0 Å². The Morgan fingerprint density at radius 1 is 1.03 bits per heavy atom. The van der Waals surface area contributed by atoms with Crippen molar-refractivity contribution >= 4 is 40.5 Å². The minimum Gasteiger partial charge on any atom is -0.462 e. The zero-order valence-corrected chi connectivity index (χ0v) is 17.8. The van der Waals surface area contributed by atoms with Gasteiger partial charge >= 0.3 is 5.97 Å². The number of ether oxygens (including phenoxy) is 1. The molecule has 1 aliphatic rings. The number of nitro groups is 2. The van der Waals surface area contributed by atoms with Crippen LogP contribution in [0.2, 0.25) is 5.02 Å². The van der Waals surface area contributed by atoms with E-state index in [2.05, 4.69) is 0 Å². The van der Waals surface area contributed by atoms with Crippen molar-refractivity contribution < 1.29 is 24.2 Å². The van der Waals surface area contributed by atoms with Gasteiger partial charge in [0.15, 0.2) is 0 Å². The topological polar surface area (TPSA) is 136 Å². The number of esters is 1. The number of rotatable bonds is 6. The van der Waals surface area contributed by atoms with Crippen molar-refractivity contribution in [3.05, 3.63) is 72.8 Å². The van der Waals surface area contributed by atoms with Crippen LogP contribution in [-0.4, -0.2) is 59.4 Å². The van der Waals surface area contributed by atoms with Gasteiger partial charge in [0.1, 0.15) is 5.69 Å². The van der Waals surface area contributed by atoms with Crippen LogP contribution in [0.15, 0.2) is 36.4 Å². The summed E-state index contributed by atoms with van der Waals surface area (Å²) in [6.45, 7) is 2.96. The van der Waals surface area contributed by atoms with Crippen molar-refractivity contribution in [1.29, 1.82) is 0 Å². The van der Waals surface area contributed by atoms with E-state index in [9.17, 15) is 29.8 Å². The fraction of sp³-hybridized carbons (Fsp3) is 0.300. The summed E-state index contributed by atoms with van der Waals surface area (Å²) >= 11 is 6.06. The number of carbonyl (C=O) groups excluding carboxylic acids is 2. The molecule has 2 aromatic rings. The van der Waals surface area contributed by atoms with Crippen molar-refractivity contribution in [3.63, 3.8) is 0 Å². The highest BCUT2D eigenvalue weighted by atomic mass is 35.5. The summed E-state index contributed by atoms with van der Waals surface area (Å²) in [5.41, 5.74) is 0.131. The molecule has 168 valence electrons. The van der Waals surface area contributed by atoms with E-state index < -0.39 is 15.8 Å². The van der Waals surface area contributed by atoms with Crippen LogP contribution in [0.3, 0.4) is 0 Å². The van der Waals surface area contributed by atoms with Gasteiger partial charge in [0.25, 0.3) is 17.3 Å². The van der Waals surface area contributed by atoms with E-state index in [-0.39, 0.29) is 53.1 Å². The van der Waals surface area contributed by atoms with E-state index in [1.165, 1.54) is 35.2 Å². The highest BCUT2D eigenvalue weighted by Gasteiger charge is 2.28. The molecule has 1 heterocycles. The van der Waals surface area contributed by atoms with E-state index in [0.29, 0.717) is 18.8 Å². The molecule has 0 aliphatic carbocycles. The number of nitro benzene ring substituents is 2. The van der Waals surface area contributed by atoms with Gasteiger partial charge in [0, 0.05) is 44.4 Å². The van der Waals surface area contributed by atoms with Gasteiger partial charge in [-0.05, 0) is 25.1 Å². The molecule has 12 heteroatoms. The van der Waals surface area contributed by atoms with Gasteiger partial charge < -0.3 is 14.5 Å². The second-order valence-corrected chi connectivity index (χ2v) is 7.29. The molecule has 1 amide bonds. The average molecular weight is 463 g/mol. The SMILES string of the molecule is CCOC(=O)c1ccc(N2CCN(C(=O)c3ccc([N+](=O)[O-])cc3Cl)CC2)c([N+](=O)[O-])c1. The maximum atomic E-state index is 12.8. The Kier molecular flexibility index (Phi) is 6.89. The number of carbonyl (C=O) groups is 2. The molecule has 32 heavy (non-hydrogen) atoms. The molecule has 1 aliphatic heterocycles. The molecule has 0 atom stereocenters. The summed E-state index contributed by atoms with van der Waals surface area (Å²) in [4.78, 5) is 49.2. The second-order valence-electron chi connectivity index (χ2n) is 6.88. The minimum atomic E-state index is -0.641. The number of anilines is 1. The highest BCUT2D eigenvalue weighted by molar-refractivity contribution is 6.34. The molecule has 3 rings (SSSR count). The van der Waals surface area contributed by atoms with Gasteiger partial charge in [-0.15, -0.1) is 0 Å². The Bertz CT molecular complexity index is 1080. The number of amides is 1. The molecule has 0 unspecified atom stereocenters. The molecule has 2 aromatic carbocycles. The first-order valence-corrected chi connectivity index (χ1v) is 10.0. The number of nitrogens with zero attached hydrogens (tertiary/aromatic N) is 4. The summed E-state index contributed by atoms with van der Waals surface area (Å²) in [7, 11) is 0. The number of benzene rings is 2. The first-order valence-electron chi connectivity index (χ1n) is 9.66. The van der Waals surface area contributed by atoms with Gasteiger partial charge in [-0.25, -0.2) is 4.79 Å². The number of piperazine rings is 1. The molecule has 0 N–H and O–H groups in total. The Balaban J connectivity index is 1.74. The lowest BCUT2D eigenvalue weighted by Crippen LogP contribution is -2.49. The van der Waals surface area contributed by atoms with Gasteiger partial charge in [0.05, 0.1) is 32.6 Å². The van der Waals surface area contributed by atoms with E-state index in [0.717, 1.165) is 6.07 Å². The van der Waals surface area contributed by atoms with E-state index in [1.807, 2.05) is 0 Å². The summed E-state index contributed by atoms with van der Waals surface area (Å²) < 4.78 is 4.89. The molecule has 1 saturated heterocycles. The largest absolute Gasteiger partial charge is 0.462 e. The number of halogens is 1. The molecule has 0 bridgehead atoms. The Hall–Kier alpha value is -3.73. The molecule has 0 saturated carbocycles. The first-order chi connectivity index (χ1) is 15.2. The van der Waals surface area contributed by atoms with Gasteiger partial charge in [0.2, 0.25) is 0 Å². The third kappa shape index (κ3) is 4.78. The van der Waals surface area contributed by atoms with Crippen LogP contribution in [0.5, 0.6) is 0 Å². The van der Waals surface area contributed by atoms with E-state index >= 15 is 0 Å². The van der Waals surface area contributed by atoms with Gasteiger partial charge in [-0.1, -0.05) is 11.6 Å². The standard InChI is InChI=1S/C20H19ClN4O7/c1-2-32-20(27)13-3-6-17(18(11-13)25(30)31)22-7-9-23(10-8-22)19(26)15-5-4-14(24(28)29)12-16(15)21/h3-6,11-12H,2,7-10H2,1H3. The third-order valence-electron chi connectivity index (χ3n) is 4.98. The summed E-state index contributed by atoms with van der Waals surface area (Å²) in [6.07, 6.45) is 0. The van der Waals surface area contributed by atoms with Crippen LogP contribution in [0.25, 0.3) is 0 Å². The molecular weight excluding hydrogens is 444 g/mol. The summed E-state index contributed by atoms with van der Waals surface area (Å²) in [5, 5.41) is 22.4. The molecule has 0 radical (unpaired) electrons. The van der Waals surface area contributed by atoms with Crippen molar-refractivity contribution in [2.45, 2.75) is 6.92 Å². The average Bonchev–Trinajstić information content (AvgIpc) is 2.78. The van der Waals surface area contributed by atoms with Crippen LogP contribution < -0.4 is 4.90 Å². The number of hydrogen-bond donors (Lipinski definition) is 0. The van der Waals surface area contributed by atoms with Crippen molar-refractivity contribution in [2.75, 3.05) is 37.7 Å². The summed E-state index contributed by atoms with van der Waals surface area (Å²) in [6, 6.07) is 7.79. The summed E-state index contributed by atoms with van der Waals surface area (Å²) in [5.74, 6) is -1.02. The van der Waals surface area contributed by atoms with E-state index in [4.69, 9.17) is 16.3 Å². The molecule has 0 spiro atoms. The molecule has 1 fully saturated rings. The first kappa shape index (κ1) is 22.9. The Morgan fingerprint density at radius 3 is 2.28 bits per heavy atom. The monoisotopic (exact) mass is 462 g/mol. The van der Waals surface area contributed by atoms with Crippen LogP contribution in [0.1, 0.15) is 27.6 Å². The third-order valence-corrected chi connectivity index (χ3v) is 5.30. The van der Waals surface area contributed by atoms with Crippen molar-refractivity contribution in [2.24, 2.45) is 0 Å². The second kappa shape index (κ2) is 9.60. The van der Waals surface area contributed by atoms with Crippen LogP contribution in [0, 0.1) is 20.2 Å². The predicted molar refractivity (Wildman–Crippen MR) is 115 cm³/mol. The Morgan fingerprint density at radius 2 is 1.72 bits per heavy atom. The smallest absolute Gasteiger partial charge is 0.338 e. The predicted octanol–water partition coefficient (Wildman–Crippen LogP) is 3.30. The molecular formula is C20H19ClN4O7. The van der Waals surface area contributed by atoms with Crippen LogP contribution in [-0.2, 0) is 4.74 Å². The normalized spacial score (nSPS) is 13.6. The molecule has 11 nitrogen and oxygen atoms in total. The lowest BCUT2D eigenvalue weighted by Gasteiger charge is -2.36. The van der Waals surface area contributed by atoms with Gasteiger partial charge in [-0.2, -0.15) is 0 Å². The van der Waals surface area contributed by atoms with Crippen molar-refractivity contribution in [3.8, 4) is 0 Å². The zero-order chi connectivity index (χ0) is 23.4. The fourth-order valence-electron chi connectivity index (χ4n) is 3.39. The molecule has 0 aromatic heterocycles. The quantitative estimate of drug-likeness (QED) is 0.362. The lowest BCUT2D eigenvalue weighted by molar-refractivity contribution is -0.384. The Labute approximate surface area is 187 Å². The zero-order valence-electron chi connectivity index (χ0n) is 17.0. The maximum absolute atomic E-state index is 12.8. The van der Waals surface area contributed by atoms with Crippen LogP contribution in [0.4, 0.5) is 17.1 Å². The van der Waals surface area contributed by atoms with E-state index in [1.54, 1.807) is 11.8 Å². The lowest BCUT2D eigenvalue weighted by atomic mass is 10.1. The maximum Gasteiger partial charge on any atom is 0.338 e.